The van der Waals surface area contributed by atoms with E-state index in [1.54, 1.807) is 53.6 Å². The van der Waals surface area contributed by atoms with Gasteiger partial charge in [-0.2, -0.15) is 5.10 Å². The molecule has 2 amide bonds. The number of nitrogens with two attached hydrogens (primary N) is 1. The first-order valence-corrected chi connectivity index (χ1v) is 11.4. The lowest BCUT2D eigenvalue weighted by Gasteiger charge is -2.18. The van der Waals surface area contributed by atoms with Crippen LogP contribution in [0.4, 0.5) is 5.69 Å². The van der Waals surface area contributed by atoms with Gasteiger partial charge in [0.2, 0.25) is 11.8 Å². The van der Waals surface area contributed by atoms with Gasteiger partial charge in [0.15, 0.2) is 0 Å². The summed E-state index contributed by atoms with van der Waals surface area (Å²) in [6.07, 6.45) is 5.18. The van der Waals surface area contributed by atoms with Crippen LogP contribution in [0.25, 0.3) is 10.9 Å². The van der Waals surface area contributed by atoms with Crippen LogP contribution in [0.3, 0.4) is 0 Å². The van der Waals surface area contributed by atoms with Crippen molar-refractivity contribution in [2.45, 2.75) is 39.7 Å². The van der Waals surface area contributed by atoms with Crippen LogP contribution >= 0.6 is 11.6 Å². The third kappa shape index (κ3) is 5.44. The summed E-state index contributed by atoms with van der Waals surface area (Å²) in [7, 11) is 0. The fraction of sp³-hybridized carbons (Fsp3) is 0.231. The Morgan fingerprint density at radius 2 is 1.94 bits per heavy atom. The molecule has 0 aliphatic heterocycles. The van der Waals surface area contributed by atoms with Gasteiger partial charge in [-0.1, -0.05) is 17.7 Å². The SMILES string of the molecule is Cc1cc(CC(=O)Nc2cnn(C(C)(C)C)c2)cc(Cl)c1Oc1ccnc2ccc(C(N)=O)cc12. The number of primary amides is 1. The highest BCUT2D eigenvalue weighted by atomic mass is 35.5. The van der Waals surface area contributed by atoms with Crippen LogP contribution in [0.1, 0.15) is 42.3 Å². The molecule has 2 aromatic carbocycles. The fourth-order valence-corrected chi connectivity index (χ4v) is 3.98. The molecule has 0 radical (unpaired) electrons. The number of anilines is 1. The molecule has 0 unspecified atom stereocenters. The molecule has 0 saturated heterocycles. The normalized spacial score (nSPS) is 11.5. The number of pyridine rings is 1. The number of carbonyl (C=O) groups is 2. The largest absolute Gasteiger partial charge is 0.455 e. The first-order chi connectivity index (χ1) is 16.5. The van der Waals surface area contributed by atoms with Crippen molar-refractivity contribution in [2.75, 3.05) is 5.32 Å². The number of benzene rings is 2. The van der Waals surface area contributed by atoms with Crippen molar-refractivity contribution in [3.63, 3.8) is 0 Å². The number of amides is 2. The molecule has 2 heterocycles. The highest BCUT2D eigenvalue weighted by Gasteiger charge is 2.17. The van der Waals surface area contributed by atoms with Crippen LogP contribution in [-0.4, -0.2) is 26.6 Å². The average molecular weight is 492 g/mol. The molecule has 3 N–H and O–H groups in total. The second-order valence-electron chi connectivity index (χ2n) is 9.30. The quantitative estimate of drug-likeness (QED) is 0.384. The summed E-state index contributed by atoms with van der Waals surface area (Å²) in [6.45, 7) is 7.95. The van der Waals surface area contributed by atoms with Crippen molar-refractivity contribution in [3.05, 3.63) is 76.7 Å². The molecule has 0 saturated carbocycles. The lowest BCUT2D eigenvalue weighted by molar-refractivity contribution is -0.115. The topological polar surface area (TPSA) is 112 Å². The van der Waals surface area contributed by atoms with Crippen molar-refractivity contribution in [1.29, 1.82) is 0 Å². The van der Waals surface area contributed by atoms with Crippen LogP contribution in [0.5, 0.6) is 11.5 Å². The summed E-state index contributed by atoms with van der Waals surface area (Å²) < 4.78 is 7.94. The van der Waals surface area contributed by atoms with E-state index in [-0.39, 0.29) is 17.9 Å². The van der Waals surface area contributed by atoms with Crippen LogP contribution in [0.2, 0.25) is 5.02 Å². The molecular weight excluding hydrogens is 466 g/mol. The van der Waals surface area contributed by atoms with Crippen LogP contribution in [0, 0.1) is 6.92 Å². The van der Waals surface area contributed by atoms with E-state index in [0.29, 0.717) is 38.7 Å². The molecule has 8 nitrogen and oxygen atoms in total. The molecule has 35 heavy (non-hydrogen) atoms. The Bertz CT molecular complexity index is 1420. The van der Waals surface area contributed by atoms with Crippen LogP contribution in [0.15, 0.2) is 55.0 Å². The summed E-state index contributed by atoms with van der Waals surface area (Å²) >= 11 is 6.55. The smallest absolute Gasteiger partial charge is 0.248 e. The Hall–Kier alpha value is -3.91. The molecule has 0 fully saturated rings. The Kier molecular flexibility index (Phi) is 6.49. The third-order valence-corrected chi connectivity index (χ3v) is 5.69. The van der Waals surface area contributed by atoms with Gasteiger partial charge in [0.1, 0.15) is 11.5 Å². The Morgan fingerprint density at radius 3 is 2.60 bits per heavy atom. The van der Waals surface area contributed by atoms with Crippen molar-refractivity contribution < 1.29 is 14.3 Å². The second-order valence-corrected chi connectivity index (χ2v) is 9.71. The zero-order chi connectivity index (χ0) is 25.3. The van der Waals surface area contributed by atoms with Gasteiger partial charge in [0.25, 0.3) is 0 Å². The molecule has 0 bridgehead atoms. The number of rotatable bonds is 6. The van der Waals surface area contributed by atoms with Gasteiger partial charge in [-0.25, -0.2) is 0 Å². The number of fused-ring (bicyclic) bond motifs is 1. The van der Waals surface area contributed by atoms with Crippen LogP contribution < -0.4 is 15.8 Å². The predicted octanol–water partition coefficient (Wildman–Crippen LogP) is 5.22. The monoisotopic (exact) mass is 491 g/mol. The summed E-state index contributed by atoms with van der Waals surface area (Å²) in [5.74, 6) is 0.231. The number of hydrogen-bond donors (Lipinski definition) is 2. The number of ether oxygens (including phenoxy) is 1. The lowest BCUT2D eigenvalue weighted by atomic mass is 10.1. The summed E-state index contributed by atoms with van der Waals surface area (Å²) in [5, 5.41) is 8.17. The number of aromatic nitrogens is 3. The maximum atomic E-state index is 12.6. The molecule has 4 aromatic rings. The molecule has 0 atom stereocenters. The number of carbonyl (C=O) groups excluding carboxylic acids is 2. The van der Waals surface area contributed by atoms with Gasteiger partial charge in [0.05, 0.1) is 34.4 Å². The first kappa shape index (κ1) is 24.2. The van der Waals surface area contributed by atoms with E-state index in [9.17, 15) is 9.59 Å². The molecule has 180 valence electrons. The first-order valence-electron chi connectivity index (χ1n) is 11.0. The molecule has 4 rings (SSSR count). The zero-order valence-electron chi connectivity index (χ0n) is 19.9. The molecule has 0 aliphatic rings. The standard InChI is InChI=1S/C26H26ClN5O3/c1-15-9-16(11-23(33)31-18-13-30-32(14-18)26(2,3)4)10-20(27)24(15)35-22-7-8-29-21-6-5-17(25(28)34)12-19(21)22/h5-10,12-14H,11H2,1-4H3,(H2,28,34)(H,31,33). The van der Waals surface area contributed by atoms with Gasteiger partial charge >= 0.3 is 0 Å². The Morgan fingerprint density at radius 1 is 1.17 bits per heavy atom. The van der Waals surface area contributed by atoms with E-state index in [2.05, 4.69) is 15.4 Å². The van der Waals surface area contributed by atoms with E-state index in [1.165, 1.54) is 0 Å². The molecule has 0 spiro atoms. The van der Waals surface area contributed by atoms with Crippen molar-refractivity contribution in [1.82, 2.24) is 14.8 Å². The summed E-state index contributed by atoms with van der Waals surface area (Å²) in [5.41, 5.74) is 8.40. The minimum absolute atomic E-state index is 0.141. The number of halogens is 1. The number of nitrogens with one attached hydrogen (secondary N) is 1. The van der Waals surface area contributed by atoms with Crippen molar-refractivity contribution >= 4 is 40.0 Å². The summed E-state index contributed by atoms with van der Waals surface area (Å²) in [6, 6.07) is 10.2. The lowest BCUT2D eigenvalue weighted by Crippen LogP contribution is -2.22. The van der Waals surface area contributed by atoms with E-state index in [4.69, 9.17) is 22.1 Å². The second kappa shape index (κ2) is 9.38. The maximum Gasteiger partial charge on any atom is 0.248 e. The zero-order valence-corrected chi connectivity index (χ0v) is 20.7. The molecule has 2 aromatic heterocycles. The minimum Gasteiger partial charge on any atom is -0.455 e. The molecule has 0 aliphatic carbocycles. The van der Waals surface area contributed by atoms with Crippen LogP contribution in [-0.2, 0) is 16.8 Å². The molecule has 9 heteroatoms. The summed E-state index contributed by atoms with van der Waals surface area (Å²) in [4.78, 5) is 28.5. The van der Waals surface area contributed by atoms with Gasteiger partial charge in [0, 0.05) is 23.3 Å². The molecular formula is C26H26ClN5O3. The highest BCUT2D eigenvalue weighted by molar-refractivity contribution is 6.32. The third-order valence-electron chi connectivity index (χ3n) is 5.41. The highest BCUT2D eigenvalue weighted by Crippen LogP contribution is 2.37. The van der Waals surface area contributed by atoms with Gasteiger partial charge in [-0.15, -0.1) is 0 Å². The Balaban J connectivity index is 1.53. The van der Waals surface area contributed by atoms with Crippen molar-refractivity contribution in [2.24, 2.45) is 5.73 Å². The van der Waals surface area contributed by atoms with E-state index in [1.807, 2.05) is 33.8 Å². The average Bonchev–Trinajstić information content (AvgIpc) is 3.25. The Labute approximate surface area is 208 Å². The van der Waals surface area contributed by atoms with E-state index < -0.39 is 5.91 Å². The minimum atomic E-state index is -0.538. The fourth-order valence-electron chi connectivity index (χ4n) is 3.65. The van der Waals surface area contributed by atoms with Gasteiger partial charge < -0.3 is 15.8 Å². The predicted molar refractivity (Wildman–Crippen MR) is 136 cm³/mol. The number of aryl methyl sites for hydroxylation is 1. The number of nitrogens with zero attached hydrogens (tertiary/aromatic N) is 3. The van der Waals surface area contributed by atoms with Gasteiger partial charge in [-0.3, -0.25) is 19.3 Å². The van der Waals surface area contributed by atoms with E-state index in [0.717, 1.165) is 11.1 Å². The van der Waals surface area contributed by atoms with Crippen molar-refractivity contribution in [3.8, 4) is 11.5 Å². The maximum absolute atomic E-state index is 12.6. The van der Waals surface area contributed by atoms with Gasteiger partial charge in [-0.05, 0) is 69.2 Å². The van der Waals surface area contributed by atoms with E-state index >= 15 is 0 Å². The number of hydrogen-bond acceptors (Lipinski definition) is 5.